The normalized spacial score (nSPS) is 10.7. The Morgan fingerprint density at radius 3 is 2.95 bits per heavy atom. The first-order valence-electron chi connectivity index (χ1n) is 6.35. The molecule has 0 radical (unpaired) electrons. The summed E-state index contributed by atoms with van der Waals surface area (Å²) in [7, 11) is 0. The fourth-order valence-electron chi connectivity index (χ4n) is 2.02. The number of benzene rings is 1. The molecule has 3 rings (SSSR count). The highest BCUT2D eigenvalue weighted by Crippen LogP contribution is 2.22. The van der Waals surface area contributed by atoms with Gasteiger partial charge in [0, 0.05) is 12.6 Å². The van der Waals surface area contributed by atoms with Crippen LogP contribution in [0.25, 0.3) is 16.3 Å². The van der Waals surface area contributed by atoms with Gasteiger partial charge in [0.2, 0.25) is 0 Å². The number of carbonyl (C=O) groups is 1. The maximum absolute atomic E-state index is 10.7. The first-order chi connectivity index (χ1) is 10.2. The summed E-state index contributed by atoms with van der Waals surface area (Å²) in [5, 5.41) is 17.1. The smallest absolute Gasteiger partial charge is 0.303 e. The van der Waals surface area contributed by atoms with Crippen molar-refractivity contribution >= 4 is 17.3 Å². The van der Waals surface area contributed by atoms with Crippen LogP contribution >= 0.6 is 11.3 Å². The van der Waals surface area contributed by atoms with E-state index >= 15 is 0 Å². The van der Waals surface area contributed by atoms with Gasteiger partial charge in [-0.2, -0.15) is 0 Å². The van der Waals surface area contributed by atoms with Crippen molar-refractivity contribution in [3.05, 3.63) is 47.7 Å². The number of para-hydroxylation sites is 1. The fourth-order valence-corrected chi connectivity index (χ4v) is 2.60. The molecule has 0 spiro atoms. The van der Waals surface area contributed by atoms with Gasteiger partial charge in [0.15, 0.2) is 0 Å². The van der Waals surface area contributed by atoms with Crippen molar-refractivity contribution in [2.75, 3.05) is 0 Å². The third-order valence-corrected chi connectivity index (χ3v) is 3.82. The monoisotopic (exact) mass is 300 g/mol. The number of aromatic nitrogens is 4. The van der Waals surface area contributed by atoms with Crippen LogP contribution < -0.4 is 0 Å². The molecule has 0 saturated heterocycles. The van der Waals surface area contributed by atoms with E-state index in [4.69, 9.17) is 5.11 Å². The Hall–Kier alpha value is -2.54. The number of rotatable bonds is 5. The standard InChI is InChI=1S/C14H12N4O2S/c19-14(20)6-5-10-3-1-2-4-12(10)18-8-11(16-17-18)13-7-15-9-21-13/h1-4,7-9H,5-6H2,(H,19,20). The summed E-state index contributed by atoms with van der Waals surface area (Å²) < 4.78 is 1.67. The van der Waals surface area contributed by atoms with Gasteiger partial charge in [-0.3, -0.25) is 9.78 Å². The van der Waals surface area contributed by atoms with Gasteiger partial charge in [-0.25, -0.2) is 4.68 Å². The molecule has 0 amide bonds. The molecule has 106 valence electrons. The molecule has 0 saturated carbocycles. The summed E-state index contributed by atoms with van der Waals surface area (Å²) >= 11 is 1.50. The maximum Gasteiger partial charge on any atom is 0.303 e. The lowest BCUT2D eigenvalue weighted by Crippen LogP contribution is -2.03. The highest BCUT2D eigenvalue weighted by molar-refractivity contribution is 7.13. The number of carboxylic acids is 1. The van der Waals surface area contributed by atoms with Crippen molar-refractivity contribution in [2.24, 2.45) is 0 Å². The predicted molar refractivity (Wildman–Crippen MR) is 78.4 cm³/mol. The van der Waals surface area contributed by atoms with Crippen molar-refractivity contribution in [2.45, 2.75) is 12.8 Å². The predicted octanol–water partition coefficient (Wildman–Crippen LogP) is 2.41. The molecular weight excluding hydrogens is 288 g/mol. The van der Waals surface area contributed by atoms with Crippen LogP contribution in [0.2, 0.25) is 0 Å². The summed E-state index contributed by atoms with van der Waals surface area (Å²) in [5.41, 5.74) is 4.28. The molecule has 3 aromatic rings. The number of aryl methyl sites for hydroxylation is 1. The second kappa shape index (κ2) is 5.84. The van der Waals surface area contributed by atoms with Crippen molar-refractivity contribution in [3.63, 3.8) is 0 Å². The lowest BCUT2D eigenvalue weighted by atomic mass is 10.1. The molecule has 0 unspecified atom stereocenters. The topological polar surface area (TPSA) is 80.9 Å². The molecular formula is C14H12N4O2S. The quantitative estimate of drug-likeness (QED) is 0.782. The minimum absolute atomic E-state index is 0.0907. The molecule has 1 N–H and O–H groups in total. The minimum atomic E-state index is -0.811. The average Bonchev–Trinajstić information content (AvgIpc) is 3.16. The van der Waals surface area contributed by atoms with Crippen molar-refractivity contribution < 1.29 is 9.90 Å². The van der Waals surface area contributed by atoms with E-state index in [1.54, 1.807) is 16.4 Å². The molecule has 0 aliphatic heterocycles. The molecule has 0 fully saturated rings. The Morgan fingerprint density at radius 2 is 2.19 bits per heavy atom. The number of thiazole rings is 1. The Morgan fingerprint density at radius 1 is 1.33 bits per heavy atom. The average molecular weight is 300 g/mol. The SMILES string of the molecule is O=C(O)CCc1ccccc1-n1cc(-c2cncs2)nn1. The van der Waals surface area contributed by atoms with Crippen LogP contribution in [-0.2, 0) is 11.2 Å². The maximum atomic E-state index is 10.7. The van der Waals surface area contributed by atoms with Gasteiger partial charge >= 0.3 is 5.97 Å². The molecule has 1 aromatic carbocycles. The largest absolute Gasteiger partial charge is 0.481 e. The zero-order valence-electron chi connectivity index (χ0n) is 11.0. The van der Waals surface area contributed by atoms with Crippen LogP contribution in [0, 0.1) is 0 Å². The second-order valence-electron chi connectivity index (χ2n) is 4.44. The van der Waals surface area contributed by atoms with Crippen molar-refractivity contribution in [3.8, 4) is 16.3 Å². The van der Waals surface area contributed by atoms with E-state index in [0.717, 1.165) is 21.8 Å². The van der Waals surface area contributed by atoms with Gasteiger partial charge in [-0.05, 0) is 18.1 Å². The van der Waals surface area contributed by atoms with E-state index in [0.29, 0.717) is 6.42 Å². The van der Waals surface area contributed by atoms with Crippen LogP contribution in [0.15, 0.2) is 42.2 Å². The Balaban J connectivity index is 1.92. The number of hydrogen-bond donors (Lipinski definition) is 1. The Bertz CT molecular complexity index is 752. The zero-order chi connectivity index (χ0) is 14.7. The van der Waals surface area contributed by atoms with Gasteiger partial charge < -0.3 is 5.11 Å². The van der Waals surface area contributed by atoms with Crippen LogP contribution in [0.4, 0.5) is 0 Å². The first-order valence-corrected chi connectivity index (χ1v) is 7.23. The summed E-state index contributed by atoms with van der Waals surface area (Å²) in [6, 6.07) is 7.60. The second-order valence-corrected chi connectivity index (χ2v) is 5.32. The van der Waals surface area contributed by atoms with Crippen LogP contribution in [0.1, 0.15) is 12.0 Å². The third kappa shape index (κ3) is 2.97. The zero-order valence-corrected chi connectivity index (χ0v) is 11.8. The molecule has 0 bridgehead atoms. The van der Waals surface area contributed by atoms with E-state index in [-0.39, 0.29) is 6.42 Å². The Kier molecular flexibility index (Phi) is 3.74. The lowest BCUT2D eigenvalue weighted by molar-refractivity contribution is -0.136. The number of nitrogens with zero attached hydrogens (tertiary/aromatic N) is 4. The van der Waals surface area contributed by atoms with Crippen molar-refractivity contribution in [1.29, 1.82) is 0 Å². The highest BCUT2D eigenvalue weighted by atomic mass is 32.1. The van der Waals surface area contributed by atoms with Gasteiger partial charge in [0.1, 0.15) is 5.69 Å². The molecule has 2 heterocycles. The van der Waals surface area contributed by atoms with E-state index in [1.807, 2.05) is 30.5 Å². The van der Waals surface area contributed by atoms with Gasteiger partial charge in [-0.1, -0.05) is 23.4 Å². The Labute approximate surface area is 124 Å². The molecule has 21 heavy (non-hydrogen) atoms. The molecule has 6 nitrogen and oxygen atoms in total. The molecule has 7 heteroatoms. The summed E-state index contributed by atoms with van der Waals surface area (Å²) in [6.45, 7) is 0. The third-order valence-electron chi connectivity index (χ3n) is 3.02. The van der Waals surface area contributed by atoms with E-state index < -0.39 is 5.97 Å². The van der Waals surface area contributed by atoms with Gasteiger partial charge in [0.25, 0.3) is 0 Å². The summed E-state index contributed by atoms with van der Waals surface area (Å²) in [5.74, 6) is -0.811. The summed E-state index contributed by atoms with van der Waals surface area (Å²) in [4.78, 5) is 15.7. The van der Waals surface area contributed by atoms with E-state index in [1.165, 1.54) is 11.3 Å². The fraction of sp³-hybridized carbons (Fsp3) is 0.143. The molecule has 0 atom stereocenters. The van der Waals surface area contributed by atoms with Gasteiger partial charge in [-0.15, -0.1) is 16.4 Å². The number of hydrogen-bond acceptors (Lipinski definition) is 5. The summed E-state index contributed by atoms with van der Waals surface area (Å²) in [6.07, 6.45) is 4.12. The van der Waals surface area contributed by atoms with Crippen LogP contribution in [0.3, 0.4) is 0 Å². The van der Waals surface area contributed by atoms with E-state index in [9.17, 15) is 4.79 Å². The first kappa shape index (κ1) is 13.4. The molecule has 0 aliphatic carbocycles. The van der Waals surface area contributed by atoms with E-state index in [2.05, 4.69) is 15.3 Å². The van der Waals surface area contributed by atoms with Gasteiger partial charge in [0.05, 0.1) is 22.3 Å². The van der Waals surface area contributed by atoms with Crippen molar-refractivity contribution in [1.82, 2.24) is 20.0 Å². The highest BCUT2D eigenvalue weighted by Gasteiger charge is 2.10. The molecule has 2 aromatic heterocycles. The lowest BCUT2D eigenvalue weighted by Gasteiger charge is -2.07. The number of carboxylic acid groups (broad SMARTS) is 1. The van der Waals surface area contributed by atoms with Crippen LogP contribution in [-0.4, -0.2) is 31.1 Å². The molecule has 0 aliphatic rings. The van der Waals surface area contributed by atoms with Crippen LogP contribution in [0.5, 0.6) is 0 Å². The minimum Gasteiger partial charge on any atom is -0.481 e. The number of aliphatic carboxylic acids is 1.